The summed E-state index contributed by atoms with van der Waals surface area (Å²) in [6.07, 6.45) is 2.51. The van der Waals surface area contributed by atoms with E-state index in [1.165, 1.54) is 0 Å². The topological polar surface area (TPSA) is 68.3 Å². The van der Waals surface area contributed by atoms with E-state index < -0.39 is 0 Å². The Kier molecular flexibility index (Phi) is 6.55. The maximum Gasteiger partial charge on any atom is 0.224 e. The molecule has 2 aromatic carbocycles. The molecule has 0 aliphatic carbocycles. The summed E-state index contributed by atoms with van der Waals surface area (Å²) in [5.41, 5.74) is 3.05. The number of nitrogens with zero attached hydrogens (tertiary/aromatic N) is 2. The first kappa shape index (κ1) is 19.8. The first-order valence-electron chi connectivity index (χ1n) is 8.90. The Bertz CT molecular complexity index is 949. The van der Waals surface area contributed by atoms with Gasteiger partial charge >= 0.3 is 0 Å². The van der Waals surface area contributed by atoms with Crippen molar-refractivity contribution in [2.75, 3.05) is 31.4 Å². The number of aryl methyl sites for hydroxylation is 1. The second-order valence-electron chi connectivity index (χ2n) is 6.22. The van der Waals surface area contributed by atoms with Gasteiger partial charge in [0.1, 0.15) is 5.82 Å². The molecular formula is C21H23ClN4O2. The third kappa shape index (κ3) is 5.04. The van der Waals surface area contributed by atoms with Crippen LogP contribution in [0.15, 0.2) is 48.7 Å². The fraction of sp³-hybridized carbons (Fsp3) is 0.238. The molecule has 7 heteroatoms. The van der Waals surface area contributed by atoms with Gasteiger partial charge in [-0.3, -0.25) is 0 Å². The molecule has 0 aliphatic heterocycles. The SMILES string of the molecule is COc1ccc(CCNc2nccc(Nc3ccc(C)c(Cl)c3)n2)cc1OC. The molecule has 0 fully saturated rings. The third-order valence-corrected chi connectivity index (χ3v) is 4.65. The summed E-state index contributed by atoms with van der Waals surface area (Å²) in [6.45, 7) is 2.66. The Morgan fingerprint density at radius 1 is 1.00 bits per heavy atom. The largest absolute Gasteiger partial charge is 0.493 e. The van der Waals surface area contributed by atoms with Gasteiger partial charge in [0, 0.05) is 23.5 Å². The lowest BCUT2D eigenvalue weighted by Gasteiger charge is -2.11. The molecule has 0 unspecified atom stereocenters. The van der Waals surface area contributed by atoms with Crippen LogP contribution in [-0.4, -0.2) is 30.7 Å². The molecule has 0 bridgehead atoms. The number of methoxy groups -OCH3 is 2. The normalized spacial score (nSPS) is 10.4. The molecule has 2 N–H and O–H groups in total. The number of anilines is 3. The number of hydrogen-bond donors (Lipinski definition) is 2. The minimum absolute atomic E-state index is 0.559. The van der Waals surface area contributed by atoms with E-state index >= 15 is 0 Å². The summed E-state index contributed by atoms with van der Waals surface area (Å²) in [5.74, 6) is 2.70. The highest BCUT2D eigenvalue weighted by Crippen LogP contribution is 2.27. The van der Waals surface area contributed by atoms with Crippen LogP contribution < -0.4 is 20.1 Å². The van der Waals surface area contributed by atoms with E-state index in [9.17, 15) is 0 Å². The van der Waals surface area contributed by atoms with Gasteiger partial charge in [0.2, 0.25) is 5.95 Å². The molecule has 3 aromatic rings. The fourth-order valence-corrected chi connectivity index (χ4v) is 2.87. The van der Waals surface area contributed by atoms with Gasteiger partial charge in [-0.2, -0.15) is 4.98 Å². The molecule has 0 aliphatic rings. The second-order valence-corrected chi connectivity index (χ2v) is 6.63. The molecule has 0 saturated carbocycles. The molecule has 1 heterocycles. The smallest absolute Gasteiger partial charge is 0.224 e. The van der Waals surface area contributed by atoms with Gasteiger partial charge in [-0.15, -0.1) is 0 Å². The van der Waals surface area contributed by atoms with Crippen molar-refractivity contribution < 1.29 is 9.47 Å². The predicted octanol–water partition coefficient (Wildman–Crippen LogP) is 4.85. The van der Waals surface area contributed by atoms with Gasteiger partial charge in [-0.05, 0) is 54.8 Å². The summed E-state index contributed by atoms with van der Waals surface area (Å²) >= 11 is 6.18. The molecule has 0 saturated heterocycles. The standard InChI is InChI=1S/C21H23ClN4O2/c1-14-4-6-16(13-17(14)22)25-20-9-11-24-21(26-20)23-10-8-15-5-7-18(27-2)19(12-15)28-3/h4-7,9,11-13H,8,10H2,1-3H3,(H2,23,24,25,26). The first-order valence-corrected chi connectivity index (χ1v) is 9.28. The van der Waals surface area contributed by atoms with E-state index in [1.807, 2.05) is 49.4 Å². The van der Waals surface area contributed by atoms with Crippen molar-refractivity contribution in [3.8, 4) is 11.5 Å². The Balaban J connectivity index is 1.59. The van der Waals surface area contributed by atoms with Crippen LogP contribution in [0.5, 0.6) is 11.5 Å². The van der Waals surface area contributed by atoms with Gasteiger partial charge < -0.3 is 20.1 Å². The van der Waals surface area contributed by atoms with Crippen LogP contribution in [0, 0.1) is 6.92 Å². The number of ether oxygens (including phenoxy) is 2. The van der Waals surface area contributed by atoms with Crippen LogP contribution in [-0.2, 0) is 6.42 Å². The summed E-state index contributed by atoms with van der Waals surface area (Å²) < 4.78 is 10.6. The van der Waals surface area contributed by atoms with Crippen molar-refractivity contribution in [1.82, 2.24) is 9.97 Å². The molecule has 146 valence electrons. The number of rotatable bonds is 8. The fourth-order valence-electron chi connectivity index (χ4n) is 2.69. The van der Waals surface area contributed by atoms with E-state index in [2.05, 4.69) is 20.6 Å². The lowest BCUT2D eigenvalue weighted by Crippen LogP contribution is -2.09. The van der Waals surface area contributed by atoms with E-state index in [0.717, 1.165) is 34.7 Å². The Morgan fingerprint density at radius 2 is 1.82 bits per heavy atom. The minimum atomic E-state index is 0.559. The average Bonchev–Trinajstić information content (AvgIpc) is 2.71. The van der Waals surface area contributed by atoms with Gasteiger partial charge in [0.25, 0.3) is 0 Å². The van der Waals surface area contributed by atoms with Crippen molar-refractivity contribution >= 4 is 29.1 Å². The van der Waals surface area contributed by atoms with Crippen LogP contribution in [0.1, 0.15) is 11.1 Å². The average molecular weight is 399 g/mol. The zero-order chi connectivity index (χ0) is 19.9. The zero-order valence-corrected chi connectivity index (χ0v) is 16.9. The Labute approximate surface area is 169 Å². The highest BCUT2D eigenvalue weighted by Gasteiger charge is 2.05. The number of halogens is 1. The van der Waals surface area contributed by atoms with Crippen LogP contribution in [0.3, 0.4) is 0 Å². The Morgan fingerprint density at radius 3 is 2.57 bits per heavy atom. The molecule has 0 radical (unpaired) electrons. The molecule has 0 spiro atoms. The van der Waals surface area contributed by atoms with Crippen LogP contribution in [0.2, 0.25) is 5.02 Å². The maximum atomic E-state index is 6.18. The number of hydrogen-bond acceptors (Lipinski definition) is 6. The van der Waals surface area contributed by atoms with Crippen LogP contribution >= 0.6 is 11.6 Å². The van der Waals surface area contributed by atoms with E-state index in [-0.39, 0.29) is 0 Å². The molecule has 6 nitrogen and oxygen atoms in total. The maximum absolute atomic E-state index is 6.18. The second kappa shape index (κ2) is 9.28. The zero-order valence-electron chi connectivity index (χ0n) is 16.1. The van der Waals surface area contributed by atoms with E-state index in [0.29, 0.717) is 23.3 Å². The molecule has 1 aromatic heterocycles. The highest BCUT2D eigenvalue weighted by molar-refractivity contribution is 6.31. The Hall–Kier alpha value is -2.99. The van der Waals surface area contributed by atoms with Crippen molar-refractivity contribution in [1.29, 1.82) is 0 Å². The van der Waals surface area contributed by atoms with Crippen molar-refractivity contribution in [3.05, 3.63) is 64.8 Å². The minimum Gasteiger partial charge on any atom is -0.493 e. The first-order chi connectivity index (χ1) is 13.6. The number of nitrogens with one attached hydrogen (secondary N) is 2. The van der Waals surface area contributed by atoms with E-state index in [1.54, 1.807) is 20.4 Å². The number of aromatic nitrogens is 2. The monoisotopic (exact) mass is 398 g/mol. The molecule has 3 rings (SSSR count). The van der Waals surface area contributed by atoms with E-state index in [4.69, 9.17) is 21.1 Å². The highest BCUT2D eigenvalue weighted by atomic mass is 35.5. The van der Waals surface area contributed by atoms with Crippen LogP contribution in [0.4, 0.5) is 17.5 Å². The molecule has 28 heavy (non-hydrogen) atoms. The summed E-state index contributed by atoms with van der Waals surface area (Å²) in [7, 11) is 3.26. The number of benzene rings is 2. The summed E-state index contributed by atoms with van der Waals surface area (Å²) in [5, 5.41) is 7.20. The predicted molar refractivity (Wildman–Crippen MR) is 113 cm³/mol. The van der Waals surface area contributed by atoms with Gasteiger partial charge in [0.15, 0.2) is 11.5 Å². The lowest BCUT2D eigenvalue weighted by molar-refractivity contribution is 0.354. The quantitative estimate of drug-likeness (QED) is 0.565. The molecule has 0 atom stereocenters. The molecular weight excluding hydrogens is 376 g/mol. The van der Waals surface area contributed by atoms with Crippen molar-refractivity contribution in [3.63, 3.8) is 0 Å². The van der Waals surface area contributed by atoms with Crippen LogP contribution in [0.25, 0.3) is 0 Å². The van der Waals surface area contributed by atoms with Gasteiger partial charge in [-0.25, -0.2) is 4.98 Å². The summed E-state index contributed by atoms with van der Waals surface area (Å²) in [6, 6.07) is 13.5. The third-order valence-electron chi connectivity index (χ3n) is 4.24. The molecule has 0 amide bonds. The van der Waals surface area contributed by atoms with Gasteiger partial charge in [-0.1, -0.05) is 23.7 Å². The van der Waals surface area contributed by atoms with Crippen molar-refractivity contribution in [2.24, 2.45) is 0 Å². The van der Waals surface area contributed by atoms with Gasteiger partial charge in [0.05, 0.1) is 14.2 Å². The van der Waals surface area contributed by atoms with Crippen molar-refractivity contribution in [2.45, 2.75) is 13.3 Å². The summed E-state index contributed by atoms with van der Waals surface area (Å²) in [4.78, 5) is 8.76. The lowest BCUT2D eigenvalue weighted by atomic mass is 10.1.